The van der Waals surface area contributed by atoms with E-state index in [1.807, 2.05) is 0 Å². The molecule has 0 radical (unpaired) electrons. The molecule has 4 unspecified atom stereocenters. The molecule has 1 saturated carbocycles. The molecule has 0 amide bonds. The molecule has 5 bridgehead atoms. The second-order valence-corrected chi connectivity index (χ2v) is 10.4. The highest BCUT2D eigenvalue weighted by atomic mass is 79.9. The molecule has 5 aliphatic heterocycles. The number of aliphatic hydroxyl groups excluding tert-OH is 2. The van der Waals surface area contributed by atoms with Gasteiger partial charge >= 0.3 is 0 Å². The first-order valence-electron chi connectivity index (χ1n) is 11.6. The van der Waals surface area contributed by atoms with Crippen LogP contribution in [0.15, 0.2) is 24.3 Å². The van der Waals surface area contributed by atoms with Crippen molar-refractivity contribution in [2.75, 3.05) is 18.5 Å². The van der Waals surface area contributed by atoms with Gasteiger partial charge in [0.1, 0.15) is 6.04 Å². The largest absolute Gasteiger partial charge is 1.00 e. The van der Waals surface area contributed by atoms with E-state index in [1.165, 1.54) is 30.5 Å². The van der Waals surface area contributed by atoms with Crippen molar-refractivity contribution in [1.29, 1.82) is 0 Å². The summed E-state index contributed by atoms with van der Waals surface area (Å²) in [5, 5.41) is 23.7. The minimum Gasteiger partial charge on any atom is -1.00 e. The van der Waals surface area contributed by atoms with E-state index in [1.54, 1.807) is 0 Å². The highest BCUT2D eigenvalue weighted by Gasteiger charge is 2.82. The van der Waals surface area contributed by atoms with Crippen molar-refractivity contribution in [2.24, 2.45) is 17.8 Å². The van der Waals surface area contributed by atoms with E-state index < -0.39 is 0 Å². The molecular weight excluding hydrogens is 428 g/mol. The maximum Gasteiger partial charge on any atom is 0.194 e. The summed E-state index contributed by atoms with van der Waals surface area (Å²) in [6, 6.07) is 10.00. The summed E-state index contributed by atoms with van der Waals surface area (Å²) in [6.07, 6.45) is 5.09. The molecule has 5 heterocycles. The van der Waals surface area contributed by atoms with E-state index in [0.717, 1.165) is 23.9 Å². The van der Waals surface area contributed by atoms with Gasteiger partial charge in [0.2, 0.25) is 0 Å². The number of para-hydroxylation sites is 1. The van der Waals surface area contributed by atoms with Crippen LogP contribution >= 0.6 is 0 Å². The molecule has 5 fully saturated rings. The van der Waals surface area contributed by atoms with Gasteiger partial charge in [-0.05, 0) is 30.4 Å². The molecule has 2 N–H and O–H groups in total. The zero-order valence-corrected chi connectivity index (χ0v) is 19.4. The molecule has 1 aromatic carbocycles. The Hall–Kier alpha value is -0.620. The van der Waals surface area contributed by atoms with Crippen molar-refractivity contribution in [3.63, 3.8) is 0 Å². The molecule has 7 rings (SSSR count). The van der Waals surface area contributed by atoms with Crippen LogP contribution in [-0.4, -0.2) is 58.7 Å². The first-order valence-corrected chi connectivity index (χ1v) is 11.6. The van der Waals surface area contributed by atoms with Crippen molar-refractivity contribution >= 4 is 5.69 Å². The average Bonchev–Trinajstić information content (AvgIpc) is 3.09. The lowest BCUT2D eigenvalue weighted by atomic mass is 9.60. The lowest BCUT2D eigenvalue weighted by Crippen LogP contribution is -3.00. The lowest BCUT2D eigenvalue weighted by Gasteiger charge is -2.68. The second kappa shape index (κ2) is 6.44. The van der Waals surface area contributed by atoms with Crippen LogP contribution in [-0.2, 0) is 5.41 Å². The van der Waals surface area contributed by atoms with Gasteiger partial charge in [0, 0.05) is 37.4 Å². The summed E-state index contributed by atoms with van der Waals surface area (Å²) in [5.74, 6) is 1.18. The highest BCUT2D eigenvalue weighted by molar-refractivity contribution is 5.66. The van der Waals surface area contributed by atoms with Crippen LogP contribution in [0.5, 0.6) is 0 Å². The maximum atomic E-state index is 12.0. The number of likely N-dealkylation sites (N-methyl/N-ethyl adjacent to an activating group) is 1. The van der Waals surface area contributed by atoms with Crippen molar-refractivity contribution in [3.05, 3.63) is 29.8 Å². The Bertz CT molecular complexity index is 820. The molecule has 6 aliphatic rings. The molecule has 4 saturated heterocycles. The van der Waals surface area contributed by atoms with Crippen molar-refractivity contribution in [1.82, 2.24) is 0 Å². The van der Waals surface area contributed by atoms with Crippen LogP contribution in [0.1, 0.15) is 51.5 Å². The van der Waals surface area contributed by atoms with E-state index in [2.05, 4.69) is 50.1 Å². The smallest absolute Gasteiger partial charge is 0.194 e. The summed E-state index contributed by atoms with van der Waals surface area (Å²) in [5.41, 5.74) is 2.56. The van der Waals surface area contributed by atoms with Gasteiger partial charge < -0.3 is 32.1 Å². The van der Waals surface area contributed by atoms with E-state index in [0.29, 0.717) is 35.9 Å². The minimum atomic E-state index is -0.272. The van der Waals surface area contributed by atoms with E-state index >= 15 is 0 Å². The Morgan fingerprint density at radius 1 is 1.17 bits per heavy atom. The normalized spacial score (nSPS) is 50.4. The third-order valence-corrected chi connectivity index (χ3v) is 10.0. The fourth-order valence-corrected chi connectivity index (χ4v) is 9.27. The number of anilines is 1. The zero-order chi connectivity index (χ0) is 19.4. The quantitative estimate of drug-likeness (QED) is 0.612. The number of quaternary nitrogens is 1. The SMILES string of the molecule is CCCC[N+]12C3C[C@H](C4C(O)[C@]5(C[C@@H]41)c1ccccc1N(C)[C@@H]35)[C@H](CC)[C@H]2O.[Br-]. The Morgan fingerprint density at radius 2 is 1.93 bits per heavy atom. The molecule has 0 aromatic heterocycles. The number of nitrogens with zero attached hydrogens (tertiary/aromatic N) is 2. The molecule has 1 aliphatic carbocycles. The second-order valence-electron chi connectivity index (χ2n) is 10.4. The van der Waals surface area contributed by atoms with E-state index in [4.69, 9.17) is 0 Å². The zero-order valence-electron chi connectivity index (χ0n) is 17.8. The topological polar surface area (TPSA) is 43.7 Å². The van der Waals surface area contributed by atoms with E-state index in [9.17, 15) is 10.2 Å². The van der Waals surface area contributed by atoms with Crippen molar-refractivity contribution in [2.45, 2.75) is 81.8 Å². The van der Waals surface area contributed by atoms with Crippen LogP contribution < -0.4 is 21.9 Å². The highest BCUT2D eigenvalue weighted by Crippen LogP contribution is 2.71. The third-order valence-electron chi connectivity index (χ3n) is 10.0. The molecular formula is C24H35BrN2O2. The van der Waals surface area contributed by atoms with Gasteiger partial charge in [-0.3, -0.25) is 4.48 Å². The minimum absolute atomic E-state index is 0. The standard InChI is InChI=1S/C24H35N2O2.BrH/c1-4-6-11-26-18-12-15(14(5-2)23(26)28)20-19(26)13-24(22(20)27)16-9-7-8-10-17(16)25(3)21(18)24;/h7-10,14-15,18-23,27-28H,4-6,11-13H2,1-3H3;1H/q+1;/p-1/t14-,15-,18?,19-,20?,21-,22?,23+,24+,26?;/m0./s1. The molecule has 1 aromatic rings. The van der Waals surface area contributed by atoms with E-state index in [-0.39, 0.29) is 34.7 Å². The summed E-state index contributed by atoms with van der Waals surface area (Å²) in [4.78, 5) is 2.49. The van der Waals surface area contributed by atoms with Gasteiger partial charge in [-0.2, -0.15) is 0 Å². The average molecular weight is 463 g/mol. The molecule has 160 valence electrons. The van der Waals surface area contributed by atoms with Crippen molar-refractivity contribution < 1.29 is 31.7 Å². The Balaban J connectivity index is 0.00000181. The van der Waals surface area contributed by atoms with Crippen LogP contribution in [0.4, 0.5) is 5.69 Å². The fraction of sp³-hybridized carbons (Fsp3) is 0.750. The summed E-state index contributed by atoms with van der Waals surface area (Å²) in [7, 11) is 2.24. The summed E-state index contributed by atoms with van der Waals surface area (Å²) in [6.45, 7) is 5.59. The van der Waals surface area contributed by atoms with Gasteiger partial charge in [-0.15, -0.1) is 0 Å². The predicted octanol–water partition coefficient (Wildman–Crippen LogP) is -0.127. The predicted molar refractivity (Wildman–Crippen MR) is 110 cm³/mol. The number of hydrogen-bond donors (Lipinski definition) is 2. The van der Waals surface area contributed by atoms with Crippen LogP contribution in [0.2, 0.25) is 0 Å². The number of rotatable bonds is 4. The molecule has 5 heteroatoms. The summed E-state index contributed by atoms with van der Waals surface area (Å²) < 4.78 is 0.884. The van der Waals surface area contributed by atoms with Gasteiger partial charge in [-0.1, -0.05) is 38.5 Å². The maximum absolute atomic E-state index is 12.0. The number of fused-ring (bicyclic) bond motifs is 2. The van der Waals surface area contributed by atoms with Crippen LogP contribution in [0.3, 0.4) is 0 Å². The van der Waals surface area contributed by atoms with Gasteiger partial charge in [0.05, 0.1) is 30.1 Å². The lowest BCUT2D eigenvalue weighted by molar-refractivity contribution is -1.04. The Kier molecular flexibility index (Phi) is 4.51. The Morgan fingerprint density at radius 3 is 2.66 bits per heavy atom. The molecule has 10 atom stereocenters. The molecule has 29 heavy (non-hydrogen) atoms. The van der Waals surface area contributed by atoms with Gasteiger partial charge in [-0.25, -0.2) is 0 Å². The fourth-order valence-electron chi connectivity index (χ4n) is 9.27. The number of unbranched alkanes of at least 4 members (excludes halogenated alkanes) is 1. The van der Waals surface area contributed by atoms with Crippen LogP contribution in [0.25, 0.3) is 0 Å². The third kappa shape index (κ3) is 1.98. The first kappa shape index (κ1) is 20.3. The Labute approximate surface area is 185 Å². The number of hydrogen-bond acceptors (Lipinski definition) is 3. The monoisotopic (exact) mass is 462 g/mol. The summed E-state index contributed by atoms with van der Waals surface area (Å²) >= 11 is 0. The van der Waals surface area contributed by atoms with Gasteiger partial charge in [0.15, 0.2) is 6.23 Å². The molecule has 4 nitrogen and oxygen atoms in total. The van der Waals surface area contributed by atoms with Crippen molar-refractivity contribution in [3.8, 4) is 0 Å². The number of aliphatic hydroxyl groups is 2. The van der Waals surface area contributed by atoms with Crippen LogP contribution in [0, 0.1) is 17.8 Å². The van der Waals surface area contributed by atoms with Gasteiger partial charge in [0.25, 0.3) is 0 Å². The number of halogens is 1. The number of benzene rings is 1. The first-order chi connectivity index (χ1) is 13.5. The molecule has 1 spiro atoms. The number of piperidine rings is 4.